The molecule has 1 aliphatic heterocycles. The first-order valence-corrected chi connectivity index (χ1v) is 7.43. The molecule has 0 aliphatic carbocycles. The van der Waals surface area contributed by atoms with E-state index in [-0.39, 0.29) is 24.2 Å². The van der Waals surface area contributed by atoms with E-state index in [9.17, 15) is 14.4 Å². The van der Waals surface area contributed by atoms with Gasteiger partial charge in [-0.25, -0.2) is 0 Å². The minimum atomic E-state index is -0.786. The molecule has 1 fully saturated rings. The zero-order chi connectivity index (χ0) is 16.2. The Kier molecular flexibility index (Phi) is 5.75. The lowest BCUT2D eigenvalue weighted by Gasteiger charge is -2.33. The van der Waals surface area contributed by atoms with Crippen LogP contribution in [0.2, 0.25) is 0 Å². The maximum Gasteiger partial charge on any atom is 0.303 e. The molecule has 120 valence electrons. The molecule has 0 spiro atoms. The van der Waals surface area contributed by atoms with Crippen molar-refractivity contribution in [3.05, 3.63) is 0 Å². The van der Waals surface area contributed by atoms with E-state index in [1.807, 2.05) is 0 Å². The van der Waals surface area contributed by atoms with E-state index in [2.05, 4.69) is 5.32 Å². The van der Waals surface area contributed by atoms with Gasteiger partial charge in [0.15, 0.2) is 0 Å². The Bertz CT molecular complexity index is 406. The van der Waals surface area contributed by atoms with E-state index >= 15 is 0 Å². The standard InChI is InChI=1S/C15H26N2O4/c1-10(16-14(21)15(2,3)4)13(20)17-7-5-11(6-8-17)9-12(18)19/h10-11H,5-9H2,1-4H3,(H,16,21)(H,18,19). The van der Waals surface area contributed by atoms with E-state index in [0.29, 0.717) is 25.9 Å². The zero-order valence-corrected chi connectivity index (χ0v) is 13.3. The van der Waals surface area contributed by atoms with Gasteiger partial charge in [0.05, 0.1) is 0 Å². The summed E-state index contributed by atoms with van der Waals surface area (Å²) in [4.78, 5) is 36.6. The average molecular weight is 298 g/mol. The number of nitrogens with zero attached hydrogens (tertiary/aromatic N) is 1. The van der Waals surface area contributed by atoms with Gasteiger partial charge in [0.2, 0.25) is 11.8 Å². The van der Waals surface area contributed by atoms with Crippen molar-refractivity contribution in [3.8, 4) is 0 Å². The molecule has 0 aromatic rings. The summed E-state index contributed by atoms with van der Waals surface area (Å²) in [5.74, 6) is -0.887. The van der Waals surface area contributed by atoms with E-state index in [0.717, 1.165) is 0 Å². The molecule has 21 heavy (non-hydrogen) atoms. The van der Waals surface area contributed by atoms with E-state index in [1.165, 1.54) is 0 Å². The number of hydrogen-bond donors (Lipinski definition) is 2. The molecule has 0 saturated carbocycles. The van der Waals surface area contributed by atoms with Gasteiger partial charge in [0.1, 0.15) is 6.04 Å². The number of hydrogen-bond acceptors (Lipinski definition) is 3. The number of carbonyl (C=O) groups excluding carboxylic acids is 2. The van der Waals surface area contributed by atoms with Crippen LogP contribution < -0.4 is 5.32 Å². The highest BCUT2D eigenvalue weighted by molar-refractivity contribution is 5.89. The van der Waals surface area contributed by atoms with Crippen molar-refractivity contribution < 1.29 is 19.5 Å². The second-order valence-electron chi connectivity index (χ2n) is 6.81. The largest absolute Gasteiger partial charge is 0.481 e. The number of nitrogens with one attached hydrogen (secondary N) is 1. The highest BCUT2D eigenvalue weighted by atomic mass is 16.4. The minimum Gasteiger partial charge on any atom is -0.481 e. The number of piperidine rings is 1. The monoisotopic (exact) mass is 298 g/mol. The first-order chi connectivity index (χ1) is 9.61. The lowest BCUT2D eigenvalue weighted by molar-refractivity contribution is -0.140. The predicted molar refractivity (Wildman–Crippen MR) is 78.6 cm³/mol. The van der Waals surface area contributed by atoms with E-state index < -0.39 is 17.4 Å². The van der Waals surface area contributed by atoms with Crippen molar-refractivity contribution in [2.45, 2.75) is 53.0 Å². The van der Waals surface area contributed by atoms with Crippen LogP contribution in [0.15, 0.2) is 0 Å². The van der Waals surface area contributed by atoms with Crippen LogP contribution in [-0.4, -0.2) is 46.9 Å². The lowest BCUT2D eigenvalue weighted by Crippen LogP contribution is -2.51. The van der Waals surface area contributed by atoms with E-state index in [1.54, 1.807) is 32.6 Å². The summed E-state index contributed by atoms with van der Waals surface area (Å²) in [6, 6.07) is -0.548. The summed E-state index contributed by atoms with van der Waals surface area (Å²) >= 11 is 0. The van der Waals surface area contributed by atoms with Crippen LogP contribution in [0, 0.1) is 11.3 Å². The topological polar surface area (TPSA) is 86.7 Å². The van der Waals surface area contributed by atoms with Crippen molar-refractivity contribution >= 4 is 17.8 Å². The Morgan fingerprint density at radius 1 is 1.24 bits per heavy atom. The lowest BCUT2D eigenvalue weighted by atomic mass is 9.93. The molecule has 0 bridgehead atoms. The Morgan fingerprint density at radius 3 is 2.19 bits per heavy atom. The second-order valence-corrected chi connectivity index (χ2v) is 6.81. The number of carbonyl (C=O) groups is 3. The molecule has 6 heteroatoms. The normalized spacial score (nSPS) is 18.2. The highest BCUT2D eigenvalue weighted by Crippen LogP contribution is 2.21. The molecule has 2 N–H and O–H groups in total. The molecule has 0 aromatic heterocycles. The number of amides is 2. The molecule has 1 heterocycles. The SMILES string of the molecule is CC(NC(=O)C(C)(C)C)C(=O)N1CCC(CC(=O)O)CC1. The van der Waals surface area contributed by atoms with Crippen molar-refractivity contribution in [2.24, 2.45) is 11.3 Å². The van der Waals surface area contributed by atoms with Crippen LogP contribution in [0.1, 0.15) is 47.0 Å². The highest BCUT2D eigenvalue weighted by Gasteiger charge is 2.30. The molecule has 1 saturated heterocycles. The molecular weight excluding hydrogens is 272 g/mol. The third-order valence-corrected chi connectivity index (χ3v) is 3.79. The smallest absolute Gasteiger partial charge is 0.303 e. The van der Waals surface area contributed by atoms with Gasteiger partial charge in [-0.15, -0.1) is 0 Å². The zero-order valence-electron chi connectivity index (χ0n) is 13.3. The maximum absolute atomic E-state index is 12.3. The van der Waals surface area contributed by atoms with Crippen LogP contribution in [0.25, 0.3) is 0 Å². The van der Waals surface area contributed by atoms with E-state index in [4.69, 9.17) is 5.11 Å². The molecule has 1 aliphatic rings. The van der Waals surface area contributed by atoms with Gasteiger partial charge in [-0.2, -0.15) is 0 Å². The number of carboxylic acids is 1. The molecule has 1 rings (SSSR count). The van der Waals surface area contributed by atoms with Gasteiger partial charge >= 0.3 is 5.97 Å². The fourth-order valence-electron chi connectivity index (χ4n) is 2.35. The predicted octanol–water partition coefficient (Wildman–Crippen LogP) is 1.25. The molecule has 1 atom stereocenters. The van der Waals surface area contributed by atoms with Gasteiger partial charge in [0, 0.05) is 24.9 Å². The summed E-state index contributed by atoms with van der Waals surface area (Å²) in [5, 5.41) is 11.5. The summed E-state index contributed by atoms with van der Waals surface area (Å²) in [7, 11) is 0. The summed E-state index contributed by atoms with van der Waals surface area (Å²) < 4.78 is 0. The number of likely N-dealkylation sites (tertiary alicyclic amines) is 1. The third kappa shape index (κ3) is 5.36. The van der Waals surface area contributed by atoms with Crippen LogP contribution in [-0.2, 0) is 14.4 Å². The molecule has 0 aromatic carbocycles. The fourth-order valence-corrected chi connectivity index (χ4v) is 2.35. The molecule has 1 unspecified atom stereocenters. The summed E-state index contributed by atoms with van der Waals surface area (Å²) in [5.41, 5.74) is -0.525. The van der Waals surface area contributed by atoms with Crippen LogP contribution in [0.4, 0.5) is 0 Å². The molecule has 6 nitrogen and oxygen atoms in total. The number of carboxylic acid groups (broad SMARTS) is 1. The maximum atomic E-state index is 12.3. The van der Waals surface area contributed by atoms with Gasteiger partial charge in [-0.05, 0) is 25.7 Å². The Morgan fingerprint density at radius 2 is 1.76 bits per heavy atom. The first kappa shape index (κ1) is 17.5. The second kappa shape index (κ2) is 6.91. The third-order valence-electron chi connectivity index (χ3n) is 3.79. The molecule has 2 amide bonds. The van der Waals surface area contributed by atoms with Gasteiger partial charge in [-0.3, -0.25) is 14.4 Å². The Labute approximate surface area is 125 Å². The fraction of sp³-hybridized carbons (Fsp3) is 0.800. The van der Waals surface area contributed by atoms with Crippen molar-refractivity contribution in [2.75, 3.05) is 13.1 Å². The Hall–Kier alpha value is -1.59. The number of aliphatic carboxylic acids is 1. The van der Waals surface area contributed by atoms with Gasteiger partial charge < -0.3 is 15.3 Å². The van der Waals surface area contributed by atoms with Gasteiger partial charge in [0.25, 0.3) is 0 Å². The van der Waals surface area contributed by atoms with Crippen LogP contribution in [0.3, 0.4) is 0 Å². The Balaban J connectivity index is 2.46. The molecular formula is C15H26N2O4. The van der Waals surface area contributed by atoms with Crippen LogP contribution in [0.5, 0.6) is 0 Å². The molecule has 0 radical (unpaired) electrons. The summed E-state index contributed by atoms with van der Waals surface area (Å²) in [6.45, 7) is 8.22. The van der Waals surface area contributed by atoms with Crippen molar-refractivity contribution in [3.63, 3.8) is 0 Å². The summed E-state index contributed by atoms with van der Waals surface area (Å²) in [6.07, 6.45) is 1.58. The number of rotatable bonds is 4. The van der Waals surface area contributed by atoms with Crippen molar-refractivity contribution in [1.82, 2.24) is 10.2 Å². The first-order valence-electron chi connectivity index (χ1n) is 7.43. The minimum absolute atomic E-state index is 0.0959. The van der Waals surface area contributed by atoms with Crippen LogP contribution >= 0.6 is 0 Å². The quantitative estimate of drug-likeness (QED) is 0.818. The van der Waals surface area contributed by atoms with Crippen molar-refractivity contribution in [1.29, 1.82) is 0 Å². The average Bonchev–Trinajstić information content (AvgIpc) is 2.36. The van der Waals surface area contributed by atoms with Gasteiger partial charge in [-0.1, -0.05) is 20.8 Å².